The van der Waals surface area contributed by atoms with Crippen LogP contribution in [0.4, 0.5) is 0 Å². The first-order chi connectivity index (χ1) is 6.85. The van der Waals surface area contributed by atoms with Crippen molar-refractivity contribution in [2.24, 2.45) is 0 Å². The highest BCUT2D eigenvalue weighted by molar-refractivity contribution is 5.89. The van der Waals surface area contributed by atoms with Crippen LogP contribution in [0.25, 0.3) is 10.8 Å². The van der Waals surface area contributed by atoms with Crippen LogP contribution in [0, 0.1) is 0 Å². The van der Waals surface area contributed by atoms with Gasteiger partial charge in [0.2, 0.25) is 0 Å². The van der Waals surface area contributed by atoms with Crippen molar-refractivity contribution in [1.82, 2.24) is 0 Å². The van der Waals surface area contributed by atoms with Gasteiger partial charge in [-0.25, -0.2) is 0 Å². The molecular formula is C12H12O2. The molecule has 0 atom stereocenters. The third-order valence-electron chi connectivity index (χ3n) is 2.27. The van der Waals surface area contributed by atoms with Gasteiger partial charge in [-0.05, 0) is 29.7 Å². The SMILES string of the molecule is COc1ccc2c(OC)cccc2c1. The molecule has 0 unspecified atom stereocenters. The van der Waals surface area contributed by atoms with Gasteiger partial charge in [0.05, 0.1) is 14.2 Å². The van der Waals surface area contributed by atoms with Crippen LogP contribution in [0.3, 0.4) is 0 Å². The maximum atomic E-state index is 5.26. The molecule has 0 aromatic heterocycles. The van der Waals surface area contributed by atoms with Crippen LogP contribution in [0.15, 0.2) is 36.4 Å². The van der Waals surface area contributed by atoms with Gasteiger partial charge in [-0.1, -0.05) is 12.1 Å². The summed E-state index contributed by atoms with van der Waals surface area (Å²) in [5.41, 5.74) is 0. The first-order valence-electron chi connectivity index (χ1n) is 4.46. The average Bonchev–Trinajstić information content (AvgIpc) is 2.27. The summed E-state index contributed by atoms with van der Waals surface area (Å²) in [6.45, 7) is 0. The van der Waals surface area contributed by atoms with Crippen molar-refractivity contribution in [2.75, 3.05) is 14.2 Å². The number of fused-ring (bicyclic) bond motifs is 1. The van der Waals surface area contributed by atoms with E-state index in [1.807, 2.05) is 36.4 Å². The van der Waals surface area contributed by atoms with Gasteiger partial charge in [0.1, 0.15) is 11.5 Å². The van der Waals surface area contributed by atoms with Crippen molar-refractivity contribution in [1.29, 1.82) is 0 Å². The molecule has 0 fully saturated rings. The topological polar surface area (TPSA) is 18.5 Å². The molecule has 0 saturated carbocycles. The molecule has 14 heavy (non-hydrogen) atoms. The summed E-state index contributed by atoms with van der Waals surface area (Å²) in [5.74, 6) is 1.76. The van der Waals surface area contributed by atoms with Crippen molar-refractivity contribution < 1.29 is 9.47 Å². The fourth-order valence-electron chi connectivity index (χ4n) is 1.54. The molecule has 0 amide bonds. The van der Waals surface area contributed by atoms with Crippen LogP contribution in [0.2, 0.25) is 0 Å². The van der Waals surface area contributed by atoms with E-state index in [0.717, 1.165) is 22.3 Å². The van der Waals surface area contributed by atoms with Gasteiger partial charge >= 0.3 is 0 Å². The second-order valence-corrected chi connectivity index (χ2v) is 3.05. The summed E-state index contributed by atoms with van der Waals surface area (Å²) < 4.78 is 10.4. The molecule has 2 heteroatoms. The molecule has 0 aliphatic rings. The van der Waals surface area contributed by atoms with Crippen LogP contribution in [-0.2, 0) is 0 Å². The van der Waals surface area contributed by atoms with E-state index in [9.17, 15) is 0 Å². The van der Waals surface area contributed by atoms with Crippen molar-refractivity contribution >= 4 is 10.8 Å². The molecule has 72 valence electrons. The lowest BCUT2D eigenvalue weighted by molar-refractivity contribution is 0.414. The van der Waals surface area contributed by atoms with E-state index in [2.05, 4.69) is 0 Å². The molecule has 0 N–H and O–H groups in total. The van der Waals surface area contributed by atoms with Crippen LogP contribution in [-0.4, -0.2) is 14.2 Å². The van der Waals surface area contributed by atoms with Gasteiger partial charge in [-0.2, -0.15) is 0 Å². The summed E-state index contributed by atoms with van der Waals surface area (Å²) in [7, 11) is 3.35. The smallest absolute Gasteiger partial charge is 0.126 e. The molecule has 0 aliphatic heterocycles. The molecule has 2 aromatic carbocycles. The first-order valence-corrected chi connectivity index (χ1v) is 4.46. The summed E-state index contributed by atoms with van der Waals surface area (Å²) in [6.07, 6.45) is 0. The molecule has 0 bridgehead atoms. The van der Waals surface area contributed by atoms with Gasteiger partial charge in [-0.15, -0.1) is 0 Å². The zero-order chi connectivity index (χ0) is 9.97. The number of hydrogen-bond donors (Lipinski definition) is 0. The molecule has 2 aromatic rings. The zero-order valence-corrected chi connectivity index (χ0v) is 8.28. The first kappa shape index (κ1) is 8.88. The summed E-state index contributed by atoms with van der Waals surface area (Å²) in [6, 6.07) is 11.9. The summed E-state index contributed by atoms with van der Waals surface area (Å²) in [4.78, 5) is 0. The minimum Gasteiger partial charge on any atom is -0.497 e. The third-order valence-corrected chi connectivity index (χ3v) is 2.27. The fraction of sp³-hybridized carbons (Fsp3) is 0.167. The monoisotopic (exact) mass is 188 g/mol. The second-order valence-electron chi connectivity index (χ2n) is 3.05. The van der Waals surface area contributed by atoms with Crippen molar-refractivity contribution in [3.8, 4) is 11.5 Å². The Balaban J connectivity index is 2.67. The van der Waals surface area contributed by atoms with Crippen molar-refractivity contribution in [2.45, 2.75) is 0 Å². The maximum Gasteiger partial charge on any atom is 0.126 e. The van der Waals surface area contributed by atoms with Gasteiger partial charge in [0.25, 0.3) is 0 Å². The molecule has 0 aliphatic carbocycles. The minimum absolute atomic E-state index is 0.866. The largest absolute Gasteiger partial charge is 0.497 e. The lowest BCUT2D eigenvalue weighted by Crippen LogP contribution is -1.86. The fourth-order valence-corrected chi connectivity index (χ4v) is 1.54. The van der Waals surface area contributed by atoms with E-state index in [1.54, 1.807) is 14.2 Å². The molecule has 0 saturated heterocycles. The highest BCUT2D eigenvalue weighted by Crippen LogP contribution is 2.28. The molecule has 0 radical (unpaired) electrons. The Bertz CT molecular complexity index is 449. The van der Waals surface area contributed by atoms with Gasteiger partial charge in [0, 0.05) is 5.39 Å². The molecule has 2 nitrogen and oxygen atoms in total. The van der Waals surface area contributed by atoms with E-state index < -0.39 is 0 Å². The molecule has 0 spiro atoms. The highest BCUT2D eigenvalue weighted by Gasteiger charge is 2.01. The van der Waals surface area contributed by atoms with Crippen molar-refractivity contribution in [3.63, 3.8) is 0 Å². The van der Waals surface area contributed by atoms with Crippen LogP contribution in [0.5, 0.6) is 11.5 Å². The quantitative estimate of drug-likeness (QED) is 0.721. The van der Waals surface area contributed by atoms with Crippen LogP contribution < -0.4 is 9.47 Å². The Morgan fingerprint density at radius 3 is 2.50 bits per heavy atom. The Labute approximate surface area is 83.1 Å². The molecular weight excluding hydrogens is 176 g/mol. The normalized spacial score (nSPS) is 10.1. The summed E-state index contributed by atoms with van der Waals surface area (Å²) in [5, 5.41) is 2.24. The van der Waals surface area contributed by atoms with Crippen LogP contribution >= 0.6 is 0 Å². The predicted octanol–water partition coefficient (Wildman–Crippen LogP) is 2.86. The lowest BCUT2D eigenvalue weighted by Gasteiger charge is -2.06. The standard InChI is InChI=1S/C12H12O2/c1-13-10-6-7-11-9(8-10)4-3-5-12(11)14-2/h3-8H,1-2H3. The second kappa shape index (κ2) is 3.58. The van der Waals surface area contributed by atoms with E-state index in [4.69, 9.17) is 9.47 Å². The van der Waals surface area contributed by atoms with Gasteiger partial charge < -0.3 is 9.47 Å². The van der Waals surface area contributed by atoms with E-state index in [-0.39, 0.29) is 0 Å². The van der Waals surface area contributed by atoms with Crippen molar-refractivity contribution in [3.05, 3.63) is 36.4 Å². The third kappa shape index (κ3) is 1.39. The molecule has 0 heterocycles. The number of methoxy groups -OCH3 is 2. The van der Waals surface area contributed by atoms with Gasteiger partial charge in [-0.3, -0.25) is 0 Å². The van der Waals surface area contributed by atoms with Gasteiger partial charge in [0.15, 0.2) is 0 Å². The number of ether oxygens (including phenoxy) is 2. The Kier molecular flexibility index (Phi) is 2.27. The Morgan fingerprint density at radius 1 is 0.929 bits per heavy atom. The number of hydrogen-bond acceptors (Lipinski definition) is 2. The maximum absolute atomic E-state index is 5.26. The van der Waals surface area contributed by atoms with Crippen LogP contribution in [0.1, 0.15) is 0 Å². The molecule has 2 rings (SSSR count). The van der Waals surface area contributed by atoms with E-state index in [1.165, 1.54) is 0 Å². The number of rotatable bonds is 2. The Morgan fingerprint density at radius 2 is 1.79 bits per heavy atom. The van der Waals surface area contributed by atoms with E-state index >= 15 is 0 Å². The lowest BCUT2D eigenvalue weighted by atomic mass is 10.1. The highest BCUT2D eigenvalue weighted by atomic mass is 16.5. The number of benzene rings is 2. The predicted molar refractivity (Wildman–Crippen MR) is 57.1 cm³/mol. The van der Waals surface area contributed by atoms with E-state index in [0.29, 0.717) is 0 Å². The zero-order valence-electron chi connectivity index (χ0n) is 8.28. The summed E-state index contributed by atoms with van der Waals surface area (Å²) >= 11 is 0. The average molecular weight is 188 g/mol. The minimum atomic E-state index is 0.866. The Hall–Kier alpha value is -1.70.